The van der Waals surface area contributed by atoms with Gasteiger partial charge in [0.1, 0.15) is 0 Å². The van der Waals surface area contributed by atoms with Crippen LogP contribution < -0.4 is 0 Å². The van der Waals surface area contributed by atoms with E-state index >= 15 is 0 Å². The summed E-state index contributed by atoms with van der Waals surface area (Å²) >= 11 is 6.26. The number of aromatic nitrogens is 2. The third kappa shape index (κ3) is 4.18. The van der Waals surface area contributed by atoms with Gasteiger partial charge in [-0.3, -0.25) is 0 Å². The average Bonchev–Trinajstić information content (AvgIpc) is 2.85. The molecule has 5 aromatic rings. The van der Waals surface area contributed by atoms with Gasteiger partial charge >= 0.3 is 0 Å². The molecule has 4 aromatic carbocycles. The molecular weight excluding hydrogens is 412 g/mol. The minimum absolute atomic E-state index is 0.715. The maximum absolute atomic E-state index is 6.26. The Kier molecular flexibility index (Phi) is 5.53. The van der Waals surface area contributed by atoms with E-state index in [4.69, 9.17) is 21.6 Å². The predicted molar refractivity (Wildman–Crippen MR) is 134 cm³/mol. The summed E-state index contributed by atoms with van der Waals surface area (Å²) in [5.41, 5.74) is 8.33. The predicted octanol–water partition coefficient (Wildman–Crippen LogP) is 8.11. The third-order valence-electron chi connectivity index (χ3n) is 5.50. The summed E-state index contributed by atoms with van der Waals surface area (Å²) in [6.07, 6.45) is 0. The van der Waals surface area contributed by atoms with Crippen LogP contribution in [0.15, 0.2) is 109 Å². The molecule has 0 radical (unpaired) electrons. The maximum atomic E-state index is 6.26. The molecule has 0 spiro atoms. The summed E-state index contributed by atoms with van der Waals surface area (Å²) < 4.78 is 0. The van der Waals surface area contributed by atoms with Gasteiger partial charge < -0.3 is 0 Å². The number of halogens is 1. The highest BCUT2D eigenvalue weighted by Crippen LogP contribution is 2.32. The van der Waals surface area contributed by atoms with Crippen LogP contribution in [0.1, 0.15) is 5.56 Å². The van der Waals surface area contributed by atoms with Crippen molar-refractivity contribution in [3.05, 3.63) is 120 Å². The largest absolute Gasteiger partial charge is 0.228 e. The first-order chi connectivity index (χ1) is 15.7. The van der Waals surface area contributed by atoms with E-state index in [1.54, 1.807) is 0 Å². The van der Waals surface area contributed by atoms with E-state index in [2.05, 4.69) is 49.4 Å². The van der Waals surface area contributed by atoms with Crippen LogP contribution in [0.3, 0.4) is 0 Å². The molecule has 0 N–H and O–H groups in total. The Morgan fingerprint density at radius 3 is 1.84 bits per heavy atom. The fraction of sp³-hybridized carbons (Fsp3) is 0.0345. The Balaban J connectivity index is 1.69. The third-order valence-corrected chi connectivity index (χ3v) is 5.73. The van der Waals surface area contributed by atoms with Crippen molar-refractivity contribution >= 4 is 11.6 Å². The minimum Gasteiger partial charge on any atom is -0.228 e. The van der Waals surface area contributed by atoms with Crippen molar-refractivity contribution in [2.45, 2.75) is 6.92 Å². The highest BCUT2D eigenvalue weighted by atomic mass is 35.5. The van der Waals surface area contributed by atoms with Gasteiger partial charge in [0, 0.05) is 21.7 Å². The second kappa shape index (κ2) is 8.78. The zero-order valence-corrected chi connectivity index (χ0v) is 18.4. The van der Waals surface area contributed by atoms with Gasteiger partial charge in [0.05, 0.1) is 11.4 Å². The van der Waals surface area contributed by atoms with E-state index in [0.717, 1.165) is 44.2 Å². The van der Waals surface area contributed by atoms with Gasteiger partial charge in [-0.1, -0.05) is 96.5 Å². The second-order valence-corrected chi connectivity index (χ2v) is 8.17. The molecular formula is C29H21ClN2. The van der Waals surface area contributed by atoms with Crippen molar-refractivity contribution in [2.24, 2.45) is 0 Å². The van der Waals surface area contributed by atoms with E-state index in [-0.39, 0.29) is 0 Å². The molecule has 0 amide bonds. The molecule has 5 rings (SSSR count). The van der Waals surface area contributed by atoms with Crippen LogP contribution in [-0.2, 0) is 0 Å². The first-order valence-corrected chi connectivity index (χ1v) is 10.9. The molecule has 0 saturated carbocycles. The van der Waals surface area contributed by atoms with E-state index < -0.39 is 0 Å². The van der Waals surface area contributed by atoms with Gasteiger partial charge in [-0.15, -0.1) is 0 Å². The first kappa shape index (κ1) is 20.2. The summed E-state index contributed by atoms with van der Waals surface area (Å²) in [6.45, 7) is 2.12. The standard InChI is InChI=1S/C29H21ClN2/c1-20-15-16-24(18-26(20)23-13-8-14-25(30)17-23)28-19-27(21-9-4-2-5-10-21)31-29(32-28)22-11-6-3-7-12-22/h2-19H,1H3. The Labute approximate surface area is 193 Å². The van der Waals surface area contributed by atoms with Crippen molar-refractivity contribution in [1.82, 2.24) is 9.97 Å². The molecule has 1 aromatic heterocycles. The van der Waals surface area contributed by atoms with Crippen LogP contribution in [0, 0.1) is 6.92 Å². The number of hydrogen-bond acceptors (Lipinski definition) is 2. The Hall–Kier alpha value is -3.75. The van der Waals surface area contributed by atoms with Crippen molar-refractivity contribution in [3.8, 4) is 45.0 Å². The fourth-order valence-electron chi connectivity index (χ4n) is 3.82. The topological polar surface area (TPSA) is 25.8 Å². The van der Waals surface area contributed by atoms with Crippen LogP contribution in [0.2, 0.25) is 5.02 Å². The Morgan fingerprint density at radius 1 is 0.531 bits per heavy atom. The van der Waals surface area contributed by atoms with Crippen molar-refractivity contribution < 1.29 is 0 Å². The molecule has 0 fully saturated rings. The van der Waals surface area contributed by atoms with Crippen LogP contribution in [0.4, 0.5) is 0 Å². The average molecular weight is 433 g/mol. The molecule has 0 aliphatic carbocycles. The first-order valence-electron chi connectivity index (χ1n) is 10.5. The van der Waals surface area contributed by atoms with E-state index in [1.165, 1.54) is 5.56 Å². The molecule has 0 bridgehead atoms. The summed E-state index contributed by atoms with van der Waals surface area (Å²) in [5, 5.41) is 0.729. The molecule has 0 unspecified atom stereocenters. The lowest BCUT2D eigenvalue weighted by molar-refractivity contribution is 1.18. The Bertz CT molecular complexity index is 1320. The molecule has 1 heterocycles. The quantitative estimate of drug-likeness (QED) is 0.286. The lowest BCUT2D eigenvalue weighted by Gasteiger charge is -2.12. The van der Waals surface area contributed by atoms with Gasteiger partial charge in [0.15, 0.2) is 5.82 Å². The molecule has 0 aliphatic heterocycles. The highest BCUT2D eigenvalue weighted by molar-refractivity contribution is 6.30. The van der Waals surface area contributed by atoms with E-state index in [1.807, 2.05) is 66.7 Å². The molecule has 0 saturated heterocycles. The Morgan fingerprint density at radius 2 is 1.16 bits per heavy atom. The van der Waals surface area contributed by atoms with Crippen LogP contribution >= 0.6 is 11.6 Å². The number of hydrogen-bond donors (Lipinski definition) is 0. The van der Waals surface area contributed by atoms with Crippen LogP contribution in [0.5, 0.6) is 0 Å². The van der Waals surface area contributed by atoms with Gasteiger partial charge in [0.25, 0.3) is 0 Å². The fourth-order valence-corrected chi connectivity index (χ4v) is 4.01. The lowest BCUT2D eigenvalue weighted by atomic mass is 9.96. The van der Waals surface area contributed by atoms with Crippen molar-refractivity contribution in [1.29, 1.82) is 0 Å². The number of aryl methyl sites for hydroxylation is 1. The molecule has 154 valence electrons. The summed E-state index contributed by atoms with van der Waals surface area (Å²) in [5.74, 6) is 0.715. The van der Waals surface area contributed by atoms with Crippen molar-refractivity contribution in [2.75, 3.05) is 0 Å². The van der Waals surface area contributed by atoms with Crippen LogP contribution in [-0.4, -0.2) is 9.97 Å². The SMILES string of the molecule is Cc1ccc(-c2cc(-c3ccccc3)nc(-c3ccccc3)n2)cc1-c1cccc(Cl)c1. The normalized spacial score (nSPS) is 10.8. The van der Waals surface area contributed by atoms with Crippen molar-refractivity contribution in [3.63, 3.8) is 0 Å². The molecule has 32 heavy (non-hydrogen) atoms. The molecule has 3 heteroatoms. The maximum Gasteiger partial charge on any atom is 0.160 e. The van der Waals surface area contributed by atoms with Crippen LogP contribution in [0.25, 0.3) is 45.0 Å². The van der Waals surface area contributed by atoms with E-state index in [0.29, 0.717) is 5.82 Å². The smallest absolute Gasteiger partial charge is 0.160 e. The second-order valence-electron chi connectivity index (χ2n) is 7.73. The summed E-state index contributed by atoms with van der Waals surface area (Å²) in [7, 11) is 0. The zero-order chi connectivity index (χ0) is 21.9. The zero-order valence-electron chi connectivity index (χ0n) is 17.7. The minimum atomic E-state index is 0.715. The number of benzene rings is 4. The van der Waals surface area contributed by atoms with Gasteiger partial charge in [-0.05, 0) is 47.9 Å². The van der Waals surface area contributed by atoms with E-state index in [9.17, 15) is 0 Å². The molecule has 0 atom stereocenters. The van der Waals surface area contributed by atoms with Gasteiger partial charge in [0.2, 0.25) is 0 Å². The van der Waals surface area contributed by atoms with Gasteiger partial charge in [-0.2, -0.15) is 0 Å². The molecule has 2 nitrogen and oxygen atoms in total. The number of nitrogens with zero attached hydrogens (tertiary/aromatic N) is 2. The summed E-state index contributed by atoms with van der Waals surface area (Å²) in [6, 6.07) is 36.8. The molecule has 0 aliphatic rings. The monoisotopic (exact) mass is 432 g/mol. The highest BCUT2D eigenvalue weighted by Gasteiger charge is 2.12. The van der Waals surface area contributed by atoms with Gasteiger partial charge in [-0.25, -0.2) is 9.97 Å². The number of rotatable bonds is 4. The summed E-state index contributed by atoms with van der Waals surface area (Å²) in [4.78, 5) is 9.82. The lowest BCUT2D eigenvalue weighted by Crippen LogP contribution is -1.96.